The minimum Gasteiger partial charge on any atom is -0.462 e. The Morgan fingerprint density at radius 2 is 1.40 bits per heavy atom. The summed E-state index contributed by atoms with van der Waals surface area (Å²) in [5, 5.41) is 0. The van der Waals surface area contributed by atoms with Gasteiger partial charge >= 0.3 is 5.97 Å². The Kier molecular flexibility index (Phi) is 7.90. The maximum absolute atomic E-state index is 12.8. The SMILES string of the molecule is CCCC1CCC(C2CCC(C(=O)OC3CCC(c4ccccc4)CC3)CC2)CC1. The third-order valence-corrected chi connectivity index (χ3v) is 8.59. The van der Waals surface area contributed by atoms with Crippen LogP contribution in [0.3, 0.4) is 0 Å². The molecule has 2 heteroatoms. The predicted octanol–water partition coefficient (Wildman–Crippen LogP) is 7.67. The van der Waals surface area contributed by atoms with Gasteiger partial charge in [0.2, 0.25) is 0 Å². The van der Waals surface area contributed by atoms with Crippen molar-refractivity contribution in [2.75, 3.05) is 0 Å². The van der Waals surface area contributed by atoms with Gasteiger partial charge in [0.05, 0.1) is 5.92 Å². The van der Waals surface area contributed by atoms with Crippen LogP contribution in [0.5, 0.6) is 0 Å². The van der Waals surface area contributed by atoms with Crippen LogP contribution in [0.1, 0.15) is 108 Å². The van der Waals surface area contributed by atoms with E-state index >= 15 is 0 Å². The molecule has 0 spiro atoms. The molecule has 1 aromatic rings. The van der Waals surface area contributed by atoms with E-state index in [2.05, 4.69) is 37.3 Å². The molecule has 0 heterocycles. The maximum atomic E-state index is 12.8. The molecule has 1 aromatic carbocycles. The summed E-state index contributed by atoms with van der Waals surface area (Å²) in [6, 6.07) is 10.8. The molecule has 4 rings (SSSR count). The highest BCUT2D eigenvalue weighted by Crippen LogP contribution is 2.43. The first kappa shape index (κ1) is 21.9. The van der Waals surface area contributed by atoms with Gasteiger partial charge in [0.25, 0.3) is 0 Å². The van der Waals surface area contributed by atoms with Crippen molar-refractivity contribution < 1.29 is 9.53 Å². The molecule has 0 saturated heterocycles. The Balaban J connectivity index is 1.16. The summed E-state index contributed by atoms with van der Waals surface area (Å²) in [5.41, 5.74) is 1.45. The largest absolute Gasteiger partial charge is 0.462 e. The first-order chi connectivity index (χ1) is 14.7. The zero-order chi connectivity index (χ0) is 20.8. The fourth-order valence-corrected chi connectivity index (χ4v) is 6.68. The minimum atomic E-state index is 0.114. The number of ether oxygens (including phenoxy) is 1. The van der Waals surface area contributed by atoms with Gasteiger partial charge in [0.1, 0.15) is 6.10 Å². The third-order valence-electron chi connectivity index (χ3n) is 8.59. The Morgan fingerprint density at radius 3 is 2.00 bits per heavy atom. The molecular weight excluding hydrogens is 368 g/mol. The number of esters is 1. The van der Waals surface area contributed by atoms with Gasteiger partial charge in [-0.2, -0.15) is 0 Å². The maximum Gasteiger partial charge on any atom is 0.309 e. The van der Waals surface area contributed by atoms with Crippen LogP contribution in [0.2, 0.25) is 0 Å². The van der Waals surface area contributed by atoms with Crippen molar-refractivity contribution in [1.29, 1.82) is 0 Å². The highest BCUT2D eigenvalue weighted by atomic mass is 16.5. The highest BCUT2D eigenvalue weighted by Gasteiger charge is 2.34. The number of carbonyl (C=O) groups excluding carboxylic acids is 1. The second-order valence-electron chi connectivity index (χ2n) is 10.5. The van der Waals surface area contributed by atoms with E-state index in [4.69, 9.17) is 4.74 Å². The predicted molar refractivity (Wildman–Crippen MR) is 123 cm³/mol. The molecule has 166 valence electrons. The summed E-state index contributed by atoms with van der Waals surface area (Å²) >= 11 is 0. The molecule has 2 nitrogen and oxygen atoms in total. The molecule has 0 radical (unpaired) electrons. The Labute approximate surface area is 184 Å². The van der Waals surface area contributed by atoms with Gasteiger partial charge in [-0.25, -0.2) is 0 Å². The molecule has 0 bridgehead atoms. The van der Waals surface area contributed by atoms with Crippen LogP contribution >= 0.6 is 0 Å². The van der Waals surface area contributed by atoms with Crippen LogP contribution < -0.4 is 0 Å². The van der Waals surface area contributed by atoms with E-state index in [0.29, 0.717) is 5.92 Å². The lowest BCUT2D eigenvalue weighted by molar-refractivity contribution is -0.157. The average Bonchev–Trinajstić information content (AvgIpc) is 2.81. The van der Waals surface area contributed by atoms with Gasteiger partial charge in [-0.15, -0.1) is 0 Å². The Morgan fingerprint density at radius 1 is 0.800 bits per heavy atom. The van der Waals surface area contributed by atoms with E-state index in [1.54, 1.807) is 0 Å². The van der Waals surface area contributed by atoms with Gasteiger partial charge in [0.15, 0.2) is 0 Å². The zero-order valence-electron chi connectivity index (χ0n) is 19.1. The summed E-state index contributed by atoms with van der Waals surface area (Å²) in [7, 11) is 0. The van der Waals surface area contributed by atoms with Crippen molar-refractivity contribution in [3.8, 4) is 0 Å². The van der Waals surface area contributed by atoms with Crippen molar-refractivity contribution in [2.24, 2.45) is 23.7 Å². The third kappa shape index (κ3) is 5.68. The van der Waals surface area contributed by atoms with Gasteiger partial charge in [0, 0.05) is 0 Å². The Hall–Kier alpha value is -1.31. The second-order valence-corrected chi connectivity index (χ2v) is 10.5. The average molecular weight is 411 g/mol. The zero-order valence-corrected chi connectivity index (χ0v) is 19.1. The number of carbonyl (C=O) groups is 1. The van der Waals surface area contributed by atoms with Crippen LogP contribution in [0.4, 0.5) is 0 Å². The molecule has 0 aliphatic heterocycles. The summed E-state index contributed by atoms with van der Waals surface area (Å²) < 4.78 is 6.00. The molecule has 0 atom stereocenters. The lowest BCUT2D eigenvalue weighted by atomic mass is 9.69. The normalized spacial score (nSPS) is 35.0. The second kappa shape index (κ2) is 10.8. The van der Waals surface area contributed by atoms with E-state index in [9.17, 15) is 4.79 Å². The van der Waals surface area contributed by atoms with Crippen LogP contribution in [-0.4, -0.2) is 12.1 Å². The molecule has 0 N–H and O–H groups in total. The molecule has 0 amide bonds. The van der Waals surface area contributed by atoms with Gasteiger partial charge in [-0.05, 0) is 93.4 Å². The molecule has 0 aromatic heterocycles. The van der Waals surface area contributed by atoms with Crippen LogP contribution in [0.15, 0.2) is 30.3 Å². The molecule has 3 saturated carbocycles. The van der Waals surface area contributed by atoms with Crippen LogP contribution in [0, 0.1) is 23.7 Å². The number of hydrogen-bond donors (Lipinski definition) is 0. The number of rotatable bonds is 6. The molecule has 0 unspecified atom stereocenters. The molecule has 3 fully saturated rings. The van der Waals surface area contributed by atoms with Gasteiger partial charge in [-0.1, -0.05) is 62.9 Å². The first-order valence-corrected chi connectivity index (χ1v) is 13.0. The van der Waals surface area contributed by atoms with E-state index < -0.39 is 0 Å². The molecule has 3 aliphatic rings. The van der Waals surface area contributed by atoms with Crippen molar-refractivity contribution in [3.63, 3.8) is 0 Å². The van der Waals surface area contributed by atoms with Crippen molar-refractivity contribution >= 4 is 5.97 Å². The number of benzene rings is 1. The van der Waals surface area contributed by atoms with Crippen LogP contribution in [0.25, 0.3) is 0 Å². The number of hydrogen-bond acceptors (Lipinski definition) is 2. The minimum absolute atomic E-state index is 0.114. The van der Waals surface area contributed by atoms with Crippen molar-refractivity contribution in [3.05, 3.63) is 35.9 Å². The van der Waals surface area contributed by atoms with Crippen LogP contribution in [-0.2, 0) is 9.53 Å². The van der Waals surface area contributed by atoms with E-state index in [1.165, 1.54) is 56.9 Å². The molecule has 3 aliphatic carbocycles. The first-order valence-electron chi connectivity index (χ1n) is 13.0. The van der Waals surface area contributed by atoms with E-state index in [-0.39, 0.29) is 18.0 Å². The monoisotopic (exact) mass is 410 g/mol. The standard InChI is InChI=1S/C28H42O2/c1-2-6-21-9-11-23(12-10-21)24-13-15-26(16-14-24)28(29)30-27-19-17-25(18-20-27)22-7-4-3-5-8-22/h3-5,7-8,21,23-27H,2,6,9-20H2,1H3. The Bertz CT molecular complexity index is 630. The lowest BCUT2D eigenvalue weighted by Crippen LogP contribution is -2.32. The fourth-order valence-electron chi connectivity index (χ4n) is 6.68. The smallest absolute Gasteiger partial charge is 0.309 e. The van der Waals surface area contributed by atoms with Crippen molar-refractivity contribution in [2.45, 2.75) is 109 Å². The summed E-state index contributed by atoms with van der Waals surface area (Å²) in [5.74, 6) is 3.73. The van der Waals surface area contributed by atoms with Gasteiger partial charge in [-0.3, -0.25) is 4.79 Å². The topological polar surface area (TPSA) is 26.3 Å². The fraction of sp³-hybridized carbons (Fsp3) is 0.750. The summed E-state index contributed by atoms with van der Waals surface area (Å²) in [6.07, 6.45) is 17.7. The van der Waals surface area contributed by atoms with E-state index in [1.807, 2.05) is 0 Å². The molecule has 30 heavy (non-hydrogen) atoms. The van der Waals surface area contributed by atoms with Gasteiger partial charge < -0.3 is 4.74 Å². The lowest BCUT2D eigenvalue weighted by Gasteiger charge is -2.37. The highest BCUT2D eigenvalue weighted by molar-refractivity contribution is 5.72. The summed E-state index contributed by atoms with van der Waals surface area (Å²) in [4.78, 5) is 12.8. The summed E-state index contributed by atoms with van der Waals surface area (Å²) in [6.45, 7) is 2.32. The quantitative estimate of drug-likeness (QED) is 0.450. The van der Waals surface area contributed by atoms with E-state index in [0.717, 1.165) is 56.3 Å². The van der Waals surface area contributed by atoms with Crippen molar-refractivity contribution in [1.82, 2.24) is 0 Å². The molecular formula is C28H42O2.